The van der Waals surface area contributed by atoms with Crippen LogP contribution in [0, 0.1) is 18.3 Å². The molecule has 0 saturated carbocycles. The summed E-state index contributed by atoms with van der Waals surface area (Å²) in [5.74, 6) is 0. The fourth-order valence-corrected chi connectivity index (χ4v) is 0.859. The van der Waals surface area contributed by atoms with Gasteiger partial charge in [0, 0.05) is 12.7 Å². The van der Waals surface area contributed by atoms with Gasteiger partial charge in [0.1, 0.15) is 11.6 Å². The zero-order valence-corrected chi connectivity index (χ0v) is 6.71. The van der Waals surface area contributed by atoms with Crippen molar-refractivity contribution in [1.29, 1.82) is 5.26 Å². The van der Waals surface area contributed by atoms with Crippen LogP contribution in [0.3, 0.4) is 0 Å². The molecule has 1 aromatic heterocycles. The molecule has 0 amide bonds. The molecule has 1 rings (SSSR count). The van der Waals surface area contributed by atoms with Crippen molar-refractivity contribution in [2.75, 3.05) is 0 Å². The summed E-state index contributed by atoms with van der Waals surface area (Å²) < 4.78 is 1.22. The lowest BCUT2D eigenvalue weighted by molar-refractivity contribution is 0.760. The maximum Gasteiger partial charge on any atom is 0.328 e. The second-order valence-corrected chi connectivity index (χ2v) is 2.39. The van der Waals surface area contributed by atoms with Crippen molar-refractivity contribution < 1.29 is 0 Å². The van der Waals surface area contributed by atoms with Crippen LogP contribution in [0.2, 0.25) is 0 Å². The Bertz CT molecular complexity index is 461. The number of hydrogen-bond donors (Lipinski definition) is 1. The number of nitrogens with one attached hydrogen (secondary N) is 1. The first kappa shape index (κ1) is 8.27. The molecule has 0 unspecified atom stereocenters. The number of nitriles is 1. The Balaban J connectivity index is 3.78. The van der Waals surface area contributed by atoms with E-state index in [1.165, 1.54) is 11.6 Å². The average molecular weight is 165 g/mol. The zero-order valence-electron chi connectivity index (χ0n) is 6.71. The van der Waals surface area contributed by atoms with E-state index in [1.807, 2.05) is 4.98 Å². The number of hydrogen-bond acceptors (Lipinski definition) is 3. The normalized spacial score (nSPS) is 9.42. The maximum absolute atomic E-state index is 11.0. The number of aromatic amines is 1. The molecule has 5 heteroatoms. The summed E-state index contributed by atoms with van der Waals surface area (Å²) >= 11 is 0. The first-order chi connectivity index (χ1) is 5.57. The largest absolute Gasteiger partial charge is 0.328 e. The summed E-state index contributed by atoms with van der Waals surface area (Å²) in [4.78, 5) is 23.9. The molecule has 0 atom stereocenters. The Morgan fingerprint density at radius 3 is 2.58 bits per heavy atom. The van der Waals surface area contributed by atoms with Crippen LogP contribution < -0.4 is 11.2 Å². The summed E-state index contributed by atoms with van der Waals surface area (Å²) in [7, 11) is 1.49. The monoisotopic (exact) mass is 165 g/mol. The molecule has 1 aromatic rings. The molecule has 0 saturated heterocycles. The van der Waals surface area contributed by atoms with Crippen LogP contribution in [0.4, 0.5) is 0 Å². The summed E-state index contributed by atoms with van der Waals surface area (Å²) in [5, 5.41) is 8.53. The molecule has 12 heavy (non-hydrogen) atoms. The van der Waals surface area contributed by atoms with E-state index >= 15 is 0 Å². The first-order valence-electron chi connectivity index (χ1n) is 3.28. The third kappa shape index (κ3) is 1.03. The molecule has 0 aliphatic rings. The average Bonchev–Trinajstić information content (AvgIpc) is 2.01. The molecule has 0 bridgehead atoms. The van der Waals surface area contributed by atoms with Gasteiger partial charge in [-0.05, 0) is 6.92 Å². The Kier molecular flexibility index (Phi) is 1.83. The Morgan fingerprint density at radius 1 is 1.50 bits per heavy atom. The maximum atomic E-state index is 11.0. The van der Waals surface area contributed by atoms with Gasteiger partial charge in [0.2, 0.25) is 0 Å². The topological polar surface area (TPSA) is 78.7 Å². The second-order valence-electron chi connectivity index (χ2n) is 2.39. The fraction of sp³-hybridized carbons (Fsp3) is 0.286. The Hall–Kier alpha value is -1.83. The number of rotatable bonds is 0. The van der Waals surface area contributed by atoms with Crippen LogP contribution in [0.1, 0.15) is 11.3 Å². The summed E-state index contributed by atoms with van der Waals surface area (Å²) in [6.07, 6.45) is 0. The highest BCUT2D eigenvalue weighted by molar-refractivity contribution is 5.29. The van der Waals surface area contributed by atoms with Gasteiger partial charge < -0.3 is 0 Å². The van der Waals surface area contributed by atoms with E-state index in [-0.39, 0.29) is 5.56 Å². The Labute approximate surface area is 67.9 Å². The van der Waals surface area contributed by atoms with Crippen LogP contribution in [0.5, 0.6) is 0 Å². The van der Waals surface area contributed by atoms with Gasteiger partial charge in [-0.3, -0.25) is 14.3 Å². The second kappa shape index (κ2) is 2.66. The minimum Gasteiger partial charge on any atom is -0.300 e. The third-order valence-corrected chi connectivity index (χ3v) is 1.73. The number of H-pyrrole nitrogens is 1. The minimum absolute atomic E-state index is 0.0166. The lowest BCUT2D eigenvalue weighted by Crippen LogP contribution is -2.31. The van der Waals surface area contributed by atoms with E-state index < -0.39 is 11.2 Å². The van der Waals surface area contributed by atoms with Crippen molar-refractivity contribution in [3.05, 3.63) is 32.1 Å². The van der Waals surface area contributed by atoms with Crippen LogP contribution >= 0.6 is 0 Å². The highest BCUT2D eigenvalue weighted by Gasteiger charge is 2.06. The third-order valence-electron chi connectivity index (χ3n) is 1.73. The quantitative estimate of drug-likeness (QED) is 0.549. The van der Waals surface area contributed by atoms with Gasteiger partial charge in [-0.15, -0.1) is 0 Å². The first-order valence-corrected chi connectivity index (χ1v) is 3.28. The van der Waals surface area contributed by atoms with E-state index in [0.29, 0.717) is 5.69 Å². The molecule has 1 heterocycles. The predicted octanol–water partition coefficient (Wildman–Crippen LogP) is -0.746. The highest BCUT2D eigenvalue weighted by Crippen LogP contribution is 1.93. The molecule has 0 aliphatic heterocycles. The summed E-state index contributed by atoms with van der Waals surface area (Å²) in [6, 6.07) is 1.73. The van der Waals surface area contributed by atoms with Crippen molar-refractivity contribution >= 4 is 0 Å². The summed E-state index contributed by atoms with van der Waals surface area (Å²) in [6.45, 7) is 1.55. The highest BCUT2D eigenvalue weighted by atomic mass is 16.2. The van der Waals surface area contributed by atoms with Crippen molar-refractivity contribution in [2.45, 2.75) is 6.92 Å². The van der Waals surface area contributed by atoms with Gasteiger partial charge in [-0.1, -0.05) is 0 Å². The van der Waals surface area contributed by atoms with E-state index in [9.17, 15) is 9.59 Å². The molecule has 0 fully saturated rings. The number of aromatic nitrogens is 2. The molecule has 0 aromatic carbocycles. The van der Waals surface area contributed by atoms with Crippen LogP contribution in [0.15, 0.2) is 9.59 Å². The molecule has 1 N–H and O–H groups in total. The predicted molar refractivity (Wildman–Crippen MR) is 41.8 cm³/mol. The molecule has 0 aliphatic carbocycles. The lowest BCUT2D eigenvalue weighted by atomic mass is 10.2. The van der Waals surface area contributed by atoms with Crippen molar-refractivity contribution in [2.24, 2.45) is 7.05 Å². The van der Waals surface area contributed by atoms with E-state index in [4.69, 9.17) is 5.26 Å². The minimum atomic E-state index is -0.627. The zero-order chi connectivity index (χ0) is 9.30. The number of nitrogens with zero attached hydrogens (tertiary/aromatic N) is 2. The molecule has 5 nitrogen and oxygen atoms in total. The van der Waals surface area contributed by atoms with Gasteiger partial charge in [-0.2, -0.15) is 5.26 Å². The molecule has 0 radical (unpaired) electrons. The standard InChI is InChI=1S/C7H7N3O2/c1-4-5(3-8)6(11)9-7(12)10(4)2/h1-2H3,(H,9,11,12). The smallest absolute Gasteiger partial charge is 0.300 e. The van der Waals surface area contributed by atoms with Gasteiger partial charge in [-0.25, -0.2) is 4.79 Å². The van der Waals surface area contributed by atoms with Crippen molar-refractivity contribution in [1.82, 2.24) is 9.55 Å². The lowest BCUT2D eigenvalue weighted by Gasteiger charge is -2.01. The van der Waals surface area contributed by atoms with Gasteiger partial charge in [0.25, 0.3) is 5.56 Å². The van der Waals surface area contributed by atoms with Gasteiger partial charge in [0.15, 0.2) is 0 Å². The molecule has 0 spiro atoms. The van der Waals surface area contributed by atoms with Crippen LogP contribution in [-0.4, -0.2) is 9.55 Å². The molecular weight excluding hydrogens is 158 g/mol. The van der Waals surface area contributed by atoms with E-state index in [0.717, 1.165) is 0 Å². The van der Waals surface area contributed by atoms with Crippen molar-refractivity contribution in [3.63, 3.8) is 0 Å². The molecule has 62 valence electrons. The van der Waals surface area contributed by atoms with Gasteiger partial charge in [0.05, 0.1) is 0 Å². The fourth-order valence-electron chi connectivity index (χ4n) is 0.859. The van der Waals surface area contributed by atoms with Gasteiger partial charge >= 0.3 is 5.69 Å². The van der Waals surface area contributed by atoms with Crippen LogP contribution in [-0.2, 0) is 7.05 Å². The van der Waals surface area contributed by atoms with Crippen LogP contribution in [0.25, 0.3) is 0 Å². The SMILES string of the molecule is Cc1c(C#N)c(=O)[nH]c(=O)n1C. The molecular formula is C7H7N3O2. The van der Waals surface area contributed by atoms with E-state index in [1.54, 1.807) is 13.0 Å². The summed E-state index contributed by atoms with van der Waals surface area (Å²) in [5.41, 5.74) is -0.766. The Morgan fingerprint density at radius 2 is 2.08 bits per heavy atom. The van der Waals surface area contributed by atoms with Crippen molar-refractivity contribution in [3.8, 4) is 6.07 Å². The van der Waals surface area contributed by atoms with E-state index in [2.05, 4.69) is 0 Å².